The SMILES string of the molecule is Cc1nn(C)c(C)c1NC(=O)COC(=O)c1sc2ncn(C)c(=O)c2c1C. The lowest BCUT2D eigenvalue weighted by atomic mass is 10.2. The normalized spacial score (nSPS) is 11.0. The van der Waals surface area contributed by atoms with Crippen LogP contribution in [0.4, 0.5) is 5.69 Å². The van der Waals surface area contributed by atoms with Crippen LogP contribution in [0.1, 0.15) is 26.6 Å². The van der Waals surface area contributed by atoms with E-state index in [0.29, 0.717) is 27.2 Å². The number of hydrogen-bond acceptors (Lipinski definition) is 7. The van der Waals surface area contributed by atoms with Crippen molar-refractivity contribution in [1.82, 2.24) is 19.3 Å². The minimum atomic E-state index is -0.660. The highest BCUT2D eigenvalue weighted by molar-refractivity contribution is 7.20. The van der Waals surface area contributed by atoms with Crippen molar-refractivity contribution < 1.29 is 14.3 Å². The highest BCUT2D eigenvalue weighted by Crippen LogP contribution is 2.27. The van der Waals surface area contributed by atoms with Crippen molar-refractivity contribution in [2.45, 2.75) is 20.8 Å². The molecule has 0 aromatic carbocycles. The van der Waals surface area contributed by atoms with Crippen molar-refractivity contribution in [2.75, 3.05) is 11.9 Å². The zero-order chi connectivity index (χ0) is 19.9. The van der Waals surface area contributed by atoms with Gasteiger partial charge < -0.3 is 14.6 Å². The molecule has 27 heavy (non-hydrogen) atoms. The van der Waals surface area contributed by atoms with Crippen LogP contribution in [-0.2, 0) is 23.6 Å². The number of ether oxygens (including phenoxy) is 1. The first-order valence-corrected chi connectivity index (χ1v) is 8.94. The summed E-state index contributed by atoms with van der Waals surface area (Å²) >= 11 is 1.07. The number of carbonyl (C=O) groups is 2. The number of rotatable bonds is 4. The van der Waals surface area contributed by atoms with Crippen molar-refractivity contribution in [1.29, 1.82) is 0 Å². The summed E-state index contributed by atoms with van der Waals surface area (Å²) in [6.45, 7) is 4.84. The summed E-state index contributed by atoms with van der Waals surface area (Å²) in [4.78, 5) is 41.6. The molecule has 0 aliphatic rings. The maximum atomic E-state index is 12.4. The molecule has 0 saturated carbocycles. The van der Waals surface area contributed by atoms with E-state index in [-0.39, 0.29) is 10.4 Å². The first kappa shape index (κ1) is 18.8. The van der Waals surface area contributed by atoms with Gasteiger partial charge >= 0.3 is 5.97 Å². The van der Waals surface area contributed by atoms with Crippen LogP contribution in [0.3, 0.4) is 0 Å². The smallest absolute Gasteiger partial charge is 0.349 e. The number of thiophene rings is 1. The zero-order valence-corrected chi connectivity index (χ0v) is 16.4. The van der Waals surface area contributed by atoms with Gasteiger partial charge in [-0.3, -0.25) is 14.3 Å². The number of hydrogen-bond donors (Lipinski definition) is 1. The van der Waals surface area contributed by atoms with Crippen LogP contribution in [0.15, 0.2) is 11.1 Å². The molecule has 0 fully saturated rings. The number of aryl methyl sites for hydroxylation is 4. The largest absolute Gasteiger partial charge is 0.451 e. The molecule has 0 aliphatic carbocycles. The number of amides is 1. The van der Waals surface area contributed by atoms with Crippen LogP contribution in [-0.4, -0.2) is 37.8 Å². The maximum absolute atomic E-state index is 12.4. The van der Waals surface area contributed by atoms with E-state index in [4.69, 9.17) is 4.74 Å². The lowest BCUT2D eigenvalue weighted by Gasteiger charge is -2.06. The molecule has 0 unspecified atom stereocenters. The van der Waals surface area contributed by atoms with Gasteiger partial charge in [0.05, 0.1) is 28.8 Å². The van der Waals surface area contributed by atoms with E-state index < -0.39 is 18.5 Å². The predicted octanol–water partition coefficient (Wildman–Crippen LogP) is 1.45. The lowest BCUT2D eigenvalue weighted by molar-refractivity contribution is -0.119. The molecule has 0 saturated heterocycles. The summed E-state index contributed by atoms with van der Waals surface area (Å²) in [5.74, 6) is -1.12. The highest BCUT2D eigenvalue weighted by atomic mass is 32.1. The molecule has 9 nitrogen and oxygen atoms in total. The van der Waals surface area contributed by atoms with Crippen LogP contribution < -0.4 is 10.9 Å². The molecule has 3 heterocycles. The predicted molar refractivity (Wildman–Crippen MR) is 101 cm³/mol. The molecule has 1 N–H and O–H groups in total. The Kier molecular flexibility index (Phi) is 4.83. The van der Waals surface area contributed by atoms with Gasteiger partial charge in [0.2, 0.25) is 0 Å². The zero-order valence-electron chi connectivity index (χ0n) is 15.6. The minimum absolute atomic E-state index is 0.229. The fourth-order valence-corrected chi connectivity index (χ4v) is 3.76. The fourth-order valence-electron chi connectivity index (χ4n) is 2.73. The van der Waals surface area contributed by atoms with Crippen molar-refractivity contribution in [3.05, 3.63) is 38.5 Å². The van der Waals surface area contributed by atoms with Crippen molar-refractivity contribution in [3.63, 3.8) is 0 Å². The van der Waals surface area contributed by atoms with Crippen LogP contribution in [0, 0.1) is 20.8 Å². The van der Waals surface area contributed by atoms with Gasteiger partial charge in [-0.1, -0.05) is 0 Å². The molecule has 0 aliphatic heterocycles. The van der Waals surface area contributed by atoms with Crippen molar-refractivity contribution in [2.24, 2.45) is 14.1 Å². The van der Waals surface area contributed by atoms with Crippen molar-refractivity contribution in [3.8, 4) is 0 Å². The summed E-state index contributed by atoms with van der Waals surface area (Å²) in [5.41, 5.74) is 2.36. The fraction of sp³-hybridized carbons (Fsp3) is 0.353. The van der Waals surface area contributed by atoms with Gasteiger partial charge in [-0.05, 0) is 26.3 Å². The quantitative estimate of drug-likeness (QED) is 0.677. The molecule has 10 heteroatoms. The van der Waals surface area contributed by atoms with Gasteiger partial charge in [-0.15, -0.1) is 11.3 Å². The topological polar surface area (TPSA) is 108 Å². The lowest BCUT2D eigenvalue weighted by Crippen LogP contribution is -2.21. The molecule has 3 aromatic heterocycles. The molecule has 0 spiro atoms. The third-order valence-electron chi connectivity index (χ3n) is 4.30. The van der Waals surface area contributed by atoms with Gasteiger partial charge in [0.25, 0.3) is 11.5 Å². The average molecular weight is 389 g/mol. The second-order valence-corrected chi connectivity index (χ2v) is 7.19. The van der Waals surface area contributed by atoms with Gasteiger partial charge in [0.15, 0.2) is 6.61 Å². The third-order valence-corrected chi connectivity index (χ3v) is 5.48. The minimum Gasteiger partial charge on any atom is -0.451 e. The first-order chi connectivity index (χ1) is 12.7. The number of esters is 1. The number of nitrogens with zero attached hydrogens (tertiary/aromatic N) is 4. The van der Waals surface area contributed by atoms with E-state index in [1.807, 2.05) is 6.92 Å². The molecule has 3 rings (SSSR count). The summed E-state index contributed by atoms with van der Waals surface area (Å²) in [6.07, 6.45) is 1.40. The Morgan fingerprint density at radius 1 is 1.26 bits per heavy atom. The van der Waals surface area contributed by atoms with Crippen LogP contribution >= 0.6 is 11.3 Å². The number of fused-ring (bicyclic) bond motifs is 1. The van der Waals surface area contributed by atoms with Gasteiger partial charge in [0, 0.05) is 14.1 Å². The Morgan fingerprint density at radius 2 is 1.96 bits per heavy atom. The van der Waals surface area contributed by atoms with E-state index in [1.54, 1.807) is 32.6 Å². The van der Waals surface area contributed by atoms with E-state index in [2.05, 4.69) is 15.4 Å². The molecular formula is C17H19N5O4S. The molecule has 0 bridgehead atoms. The summed E-state index contributed by atoms with van der Waals surface area (Å²) in [7, 11) is 3.37. The molecular weight excluding hydrogens is 370 g/mol. The van der Waals surface area contributed by atoms with Crippen molar-refractivity contribution >= 4 is 39.1 Å². The van der Waals surface area contributed by atoms with E-state index in [9.17, 15) is 14.4 Å². The summed E-state index contributed by atoms with van der Waals surface area (Å²) < 4.78 is 8.13. The molecule has 0 atom stereocenters. The Morgan fingerprint density at radius 3 is 2.59 bits per heavy atom. The summed E-state index contributed by atoms with van der Waals surface area (Å²) in [5, 5.41) is 7.31. The van der Waals surface area contributed by atoms with Crippen LogP contribution in [0.25, 0.3) is 10.2 Å². The van der Waals surface area contributed by atoms with Crippen LogP contribution in [0.2, 0.25) is 0 Å². The van der Waals surface area contributed by atoms with Gasteiger partial charge in [-0.2, -0.15) is 5.10 Å². The van der Waals surface area contributed by atoms with Gasteiger partial charge in [-0.25, -0.2) is 9.78 Å². The maximum Gasteiger partial charge on any atom is 0.349 e. The Bertz CT molecular complexity index is 1120. The number of nitrogens with one attached hydrogen (secondary N) is 1. The van der Waals surface area contributed by atoms with Crippen LogP contribution in [0.5, 0.6) is 0 Å². The summed E-state index contributed by atoms with van der Waals surface area (Å²) in [6, 6.07) is 0. The average Bonchev–Trinajstić information content (AvgIpc) is 3.08. The molecule has 142 valence electrons. The second-order valence-electron chi connectivity index (χ2n) is 6.19. The number of aromatic nitrogens is 4. The monoisotopic (exact) mass is 389 g/mol. The Hall–Kier alpha value is -3.01. The Balaban J connectivity index is 1.73. The second kappa shape index (κ2) is 6.95. The van der Waals surface area contributed by atoms with Gasteiger partial charge in [0.1, 0.15) is 9.71 Å². The van der Waals surface area contributed by atoms with E-state index >= 15 is 0 Å². The Labute approximate surface area is 158 Å². The van der Waals surface area contributed by atoms with E-state index in [1.165, 1.54) is 10.9 Å². The molecule has 0 radical (unpaired) electrons. The first-order valence-electron chi connectivity index (χ1n) is 8.12. The number of anilines is 1. The third kappa shape index (κ3) is 3.35. The number of carbonyl (C=O) groups excluding carboxylic acids is 2. The standard InChI is InChI=1S/C17H19N5O4S/c1-8-12-15(18-7-21(4)16(12)24)27-14(8)17(25)26-6-11(23)19-13-9(2)20-22(5)10(13)3/h7H,6H2,1-5H3,(H,19,23). The molecule has 3 aromatic rings. The van der Waals surface area contributed by atoms with E-state index in [0.717, 1.165) is 17.0 Å². The highest BCUT2D eigenvalue weighted by Gasteiger charge is 2.21. The molecule has 1 amide bonds.